The van der Waals surface area contributed by atoms with Gasteiger partial charge in [0.1, 0.15) is 6.33 Å². The molecule has 1 aliphatic rings. The molecule has 0 amide bonds. The number of imidazole rings is 1. The van der Waals surface area contributed by atoms with E-state index >= 15 is 0 Å². The molecule has 0 bridgehead atoms. The fraction of sp³-hybridized carbons (Fsp3) is 0.583. The lowest BCUT2D eigenvalue weighted by Gasteiger charge is -2.17. The Hall–Kier alpha value is -1.69. The van der Waals surface area contributed by atoms with E-state index in [1.807, 2.05) is 10.9 Å². The lowest BCUT2D eigenvalue weighted by atomic mass is 10.3. The van der Waals surface area contributed by atoms with E-state index < -0.39 is 0 Å². The van der Waals surface area contributed by atoms with Crippen LogP contribution in [0.15, 0.2) is 12.7 Å². The first-order valence-corrected chi connectivity index (χ1v) is 6.27. The molecule has 1 saturated heterocycles. The van der Waals surface area contributed by atoms with Crippen molar-refractivity contribution < 1.29 is 4.74 Å². The molecule has 0 unspecified atom stereocenters. The van der Waals surface area contributed by atoms with Gasteiger partial charge >= 0.3 is 0 Å². The highest BCUT2D eigenvalue weighted by molar-refractivity contribution is 5.83. The molecule has 0 spiro atoms. The third-order valence-corrected chi connectivity index (χ3v) is 3.50. The molecule has 0 aliphatic carbocycles. The average Bonchev–Trinajstić information content (AvgIpc) is 3.04. The van der Waals surface area contributed by atoms with Gasteiger partial charge in [0.05, 0.1) is 12.4 Å². The van der Waals surface area contributed by atoms with Crippen molar-refractivity contribution in [2.75, 3.05) is 25.1 Å². The number of nitrogens with zero attached hydrogens (tertiary/aromatic N) is 5. The number of aromatic nitrogens is 4. The van der Waals surface area contributed by atoms with Crippen LogP contribution in [0.3, 0.4) is 0 Å². The van der Waals surface area contributed by atoms with Gasteiger partial charge in [-0.25, -0.2) is 15.0 Å². The van der Waals surface area contributed by atoms with Crippen molar-refractivity contribution in [1.82, 2.24) is 19.5 Å². The summed E-state index contributed by atoms with van der Waals surface area (Å²) in [4.78, 5) is 15.4. The van der Waals surface area contributed by atoms with Gasteiger partial charge in [-0.05, 0) is 13.3 Å². The first-order valence-electron chi connectivity index (χ1n) is 6.27. The molecule has 18 heavy (non-hydrogen) atoms. The van der Waals surface area contributed by atoms with E-state index in [2.05, 4.69) is 26.8 Å². The summed E-state index contributed by atoms with van der Waals surface area (Å²) in [5.41, 5.74) is 1.79. The molecule has 6 heteroatoms. The summed E-state index contributed by atoms with van der Waals surface area (Å²) >= 11 is 0. The van der Waals surface area contributed by atoms with Gasteiger partial charge in [-0.2, -0.15) is 0 Å². The van der Waals surface area contributed by atoms with Crippen LogP contribution in [0.2, 0.25) is 0 Å². The van der Waals surface area contributed by atoms with Crippen molar-refractivity contribution in [2.24, 2.45) is 0 Å². The number of hydrogen-bond donors (Lipinski definition) is 0. The molecular weight excluding hydrogens is 230 g/mol. The monoisotopic (exact) mass is 247 g/mol. The first kappa shape index (κ1) is 11.4. The van der Waals surface area contributed by atoms with Crippen LogP contribution < -0.4 is 4.90 Å². The van der Waals surface area contributed by atoms with E-state index in [-0.39, 0.29) is 0 Å². The van der Waals surface area contributed by atoms with Crippen LogP contribution in [0.5, 0.6) is 0 Å². The average molecular weight is 247 g/mol. The molecule has 1 atom stereocenters. The summed E-state index contributed by atoms with van der Waals surface area (Å²) in [6.07, 6.45) is 4.78. The second kappa shape index (κ2) is 4.53. The molecule has 3 rings (SSSR count). The summed E-state index contributed by atoms with van der Waals surface area (Å²) in [5, 5.41) is 0. The highest BCUT2D eigenvalue weighted by Crippen LogP contribution is 2.25. The Morgan fingerprint density at radius 1 is 1.39 bits per heavy atom. The zero-order valence-electron chi connectivity index (χ0n) is 10.7. The fourth-order valence-corrected chi connectivity index (χ4v) is 2.44. The highest BCUT2D eigenvalue weighted by Gasteiger charge is 2.25. The van der Waals surface area contributed by atoms with E-state index in [0.29, 0.717) is 6.10 Å². The van der Waals surface area contributed by atoms with Crippen LogP contribution in [0.4, 0.5) is 5.82 Å². The Bertz CT molecular complexity index is 552. The smallest absolute Gasteiger partial charge is 0.165 e. The quantitative estimate of drug-likeness (QED) is 0.812. The number of rotatable bonds is 3. The van der Waals surface area contributed by atoms with Gasteiger partial charge < -0.3 is 14.2 Å². The summed E-state index contributed by atoms with van der Waals surface area (Å²) in [7, 11) is 1.76. The van der Waals surface area contributed by atoms with Crippen molar-refractivity contribution >= 4 is 17.0 Å². The predicted octanol–water partition coefficient (Wildman–Crippen LogP) is 1.07. The Labute approximate surface area is 106 Å². The summed E-state index contributed by atoms with van der Waals surface area (Å²) in [6.45, 7) is 4.79. The molecule has 0 radical (unpaired) electrons. The molecule has 0 saturated carbocycles. The number of anilines is 1. The number of fused-ring (bicyclic) bond motifs is 1. The van der Waals surface area contributed by atoms with Crippen molar-refractivity contribution in [1.29, 1.82) is 0 Å². The fourth-order valence-electron chi connectivity index (χ4n) is 2.44. The maximum absolute atomic E-state index is 5.39. The minimum Gasteiger partial charge on any atom is -0.380 e. The number of methoxy groups -OCH3 is 1. The zero-order valence-corrected chi connectivity index (χ0v) is 10.7. The summed E-state index contributed by atoms with van der Waals surface area (Å²) in [6, 6.07) is 0. The van der Waals surface area contributed by atoms with Gasteiger partial charge in [-0.3, -0.25) is 0 Å². The Balaban J connectivity index is 2.00. The molecule has 0 aromatic carbocycles. The Morgan fingerprint density at radius 3 is 3.00 bits per heavy atom. The standard InChI is InChI=1S/C12H17N5O/c1-3-16-8-15-10-11(16)13-7-14-12(10)17-5-4-9(6-17)18-2/h7-9H,3-6H2,1-2H3/t9-/m0/s1. The zero-order chi connectivity index (χ0) is 12.5. The van der Waals surface area contributed by atoms with Gasteiger partial charge in [-0.15, -0.1) is 0 Å². The molecule has 0 N–H and O–H groups in total. The van der Waals surface area contributed by atoms with Crippen LogP contribution in [-0.4, -0.2) is 45.8 Å². The van der Waals surface area contributed by atoms with Crippen molar-refractivity contribution in [2.45, 2.75) is 26.0 Å². The molecule has 1 aliphatic heterocycles. The molecule has 2 aromatic rings. The molecule has 96 valence electrons. The minimum absolute atomic E-state index is 0.295. The van der Waals surface area contributed by atoms with Crippen molar-refractivity contribution in [3.63, 3.8) is 0 Å². The summed E-state index contributed by atoms with van der Waals surface area (Å²) < 4.78 is 7.42. The first-order chi connectivity index (χ1) is 8.83. The van der Waals surface area contributed by atoms with Crippen LogP contribution in [0.25, 0.3) is 11.2 Å². The van der Waals surface area contributed by atoms with Crippen LogP contribution in [0, 0.1) is 0 Å². The highest BCUT2D eigenvalue weighted by atomic mass is 16.5. The maximum Gasteiger partial charge on any atom is 0.165 e. The lowest BCUT2D eigenvalue weighted by molar-refractivity contribution is 0.121. The second-order valence-corrected chi connectivity index (χ2v) is 4.49. The van der Waals surface area contributed by atoms with Crippen molar-refractivity contribution in [3.8, 4) is 0 Å². The number of aryl methyl sites for hydroxylation is 1. The van der Waals surface area contributed by atoms with Crippen LogP contribution in [-0.2, 0) is 11.3 Å². The predicted molar refractivity (Wildman–Crippen MR) is 68.6 cm³/mol. The number of ether oxygens (including phenoxy) is 1. The van der Waals surface area contributed by atoms with Crippen molar-refractivity contribution in [3.05, 3.63) is 12.7 Å². The molecule has 3 heterocycles. The normalized spacial score (nSPS) is 19.9. The van der Waals surface area contributed by atoms with E-state index in [4.69, 9.17) is 4.74 Å². The molecule has 2 aromatic heterocycles. The van der Waals surface area contributed by atoms with Gasteiger partial charge in [0.15, 0.2) is 17.0 Å². The SMILES string of the molecule is CCn1cnc2c(N3CC[C@H](OC)C3)ncnc21. The topological polar surface area (TPSA) is 56.1 Å². The van der Waals surface area contributed by atoms with Crippen LogP contribution in [0.1, 0.15) is 13.3 Å². The van der Waals surface area contributed by atoms with Crippen LogP contribution >= 0.6 is 0 Å². The maximum atomic E-state index is 5.39. The number of hydrogen-bond acceptors (Lipinski definition) is 5. The molecule has 6 nitrogen and oxygen atoms in total. The van der Waals surface area contributed by atoms with Gasteiger partial charge in [-0.1, -0.05) is 0 Å². The Morgan fingerprint density at radius 2 is 2.28 bits per heavy atom. The lowest BCUT2D eigenvalue weighted by Crippen LogP contribution is -2.23. The van der Waals surface area contributed by atoms with E-state index in [0.717, 1.165) is 43.0 Å². The second-order valence-electron chi connectivity index (χ2n) is 4.49. The third-order valence-electron chi connectivity index (χ3n) is 3.50. The van der Waals surface area contributed by atoms with Gasteiger partial charge in [0.2, 0.25) is 0 Å². The van der Waals surface area contributed by atoms with Gasteiger partial charge in [0.25, 0.3) is 0 Å². The minimum atomic E-state index is 0.295. The summed E-state index contributed by atoms with van der Waals surface area (Å²) in [5.74, 6) is 0.923. The van der Waals surface area contributed by atoms with Gasteiger partial charge in [0, 0.05) is 26.7 Å². The largest absolute Gasteiger partial charge is 0.380 e. The molecular formula is C12H17N5O. The molecule has 1 fully saturated rings. The van der Waals surface area contributed by atoms with E-state index in [1.165, 1.54) is 0 Å². The van der Waals surface area contributed by atoms with E-state index in [9.17, 15) is 0 Å². The van der Waals surface area contributed by atoms with E-state index in [1.54, 1.807) is 13.4 Å². The Kier molecular flexibility index (Phi) is 2.87. The third kappa shape index (κ3) is 1.73.